The lowest BCUT2D eigenvalue weighted by Crippen LogP contribution is -2.25. The van der Waals surface area contributed by atoms with Crippen molar-refractivity contribution in [2.75, 3.05) is 11.4 Å². The summed E-state index contributed by atoms with van der Waals surface area (Å²) in [5.41, 5.74) is -1.63. The highest BCUT2D eigenvalue weighted by molar-refractivity contribution is 5.95. The molecule has 1 aromatic carbocycles. The molecule has 0 atom stereocenters. The number of alkyl halides is 3. The fourth-order valence-electron chi connectivity index (χ4n) is 1.85. The molecule has 1 aliphatic heterocycles. The van der Waals surface area contributed by atoms with E-state index in [0.29, 0.717) is 12.5 Å². The summed E-state index contributed by atoms with van der Waals surface area (Å²) in [4.78, 5) is 12.4. The third-order valence-corrected chi connectivity index (χ3v) is 2.65. The second kappa shape index (κ2) is 4.01. The van der Waals surface area contributed by atoms with Crippen LogP contribution < -0.4 is 4.90 Å². The first kappa shape index (κ1) is 11.9. The fourth-order valence-corrected chi connectivity index (χ4v) is 1.85. The molecule has 0 aliphatic carbocycles. The van der Waals surface area contributed by atoms with Gasteiger partial charge in [0.05, 0.1) is 11.3 Å². The first-order valence-corrected chi connectivity index (χ1v) is 5.07. The Labute approximate surface area is 94.8 Å². The molecule has 1 saturated heterocycles. The van der Waals surface area contributed by atoms with Crippen LogP contribution in [0.5, 0.6) is 0 Å². The average Bonchev–Trinajstić information content (AvgIpc) is 2.63. The zero-order valence-electron chi connectivity index (χ0n) is 8.72. The number of rotatable bonds is 1. The third kappa shape index (κ3) is 2.11. The summed E-state index contributed by atoms with van der Waals surface area (Å²) < 4.78 is 51.1. The van der Waals surface area contributed by atoms with Crippen molar-refractivity contribution < 1.29 is 22.4 Å². The van der Waals surface area contributed by atoms with Crippen molar-refractivity contribution in [2.45, 2.75) is 19.0 Å². The Morgan fingerprint density at radius 1 is 1.24 bits per heavy atom. The predicted octanol–water partition coefficient (Wildman–Crippen LogP) is 2.97. The van der Waals surface area contributed by atoms with Crippen molar-refractivity contribution in [3.63, 3.8) is 0 Å². The third-order valence-electron chi connectivity index (χ3n) is 2.65. The van der Waals surface area contributed by atoms with Gasteiger partial charge in [-0.05, 0) is 18.6 Å². The van der Waals surface area contributed by atoms with Crippen LogP contribution in [0.2, 0.25) is 0 Å². The monoisotopic (exact) mass is 247 g/mol. The molecule has 1 heterocycles. The number of nitrogens with zero attached hydrogens (tertiary/aromatic N) is 1. The predicted molar refractivity (Wildman–Crippen MR) is 53.0 cm³/mol. The van der Waals surface area contributed by atoms with Crippen LogP contribution in [0.4, 0.5) is 23.2 Å². The summed E-state index contributed by atoms with van der Waals surface area (Å²) >= 11 is 0. The number of hydrogen-bond donors (Lipinski definition) is 0. The summed E-state index contributed by atoms with van der Waals surface area (Å²) in [7, 11) is 0. The quantitative estimate of drug-likeness (QED) is 0.698. The zero-order valence-corrected chi connectivity index (χ0v) is 8.72. The smallest absolute Gasteiger partial charge is 0.310 e. The molecule has 0 unspecified atom stereocenters. The van der Waals surface area contributed by atoms with E-state index in [9.17, 15) is 22.4 Å². The van der Waals surface area contributed by atoms with E-state index < -0.39 is 17.6 Å². The van der Waals surface area contributed by atoms with E-state index in [-0.39, 0.29) is 24.6 Å². The summed E-state index contributed by atoms with van der Waals surface area (Å²) in [6.07, 6.45) is -3.97. The molecule has 0 aromatic heterocycles. The van der Waals surface area contributed by atoms with Gasteiger partial charge in [0.2, 0.25) is 5.91 Å². The van der Waals surface area contributed by atoms with Crippen molar-refractivity contribution >= 4 is 11.6 Å². The van der Waals surface area contributed by atoms with Gasteiger partial charge in [0.15, 0.2) is 5.82 Å². The van der Waals surface area contributed by atoms with Gasteiger partial charge in [0, 0.05) is 13.0 Å². The molecule has 0 bridgehead atoms. The molecule has 6 heteroatoms. The van der Waals surface area contributed by atoms with E-state index in [2.05, 4.69) is 0 Å². The number of benzene rings is 1. The Balaban J connectivity index is 2.46. The molecule has 2 nitrogen and oxygen atoms in total. The van der Waals surface area contributed by atoms with Crippen molar-refractivity contribution in [1.29, 1.82) is 0 Å². The largest absolute Gasteiger partial charge is 0.419 e. The molecule has 0 saturated carbocycles. The average molecular weight is 247 g/mol. The molecule has 0 radical (unpaired) electrons. The molecule has 0 spiro atoms. The molecular formula is C11H9F4NO. The van der Waals surface area contributed by atoms with Crippen molar-refractivity contribution in [2.24, 2.45) is 0 Å². The highest BCUT2D eigenvalue weighted by Gasteiger charge is 2.36. The Morgan fingerprint density at radius 3 is 2.47 bits per heavy atom. The number of amides is 1. The second-order valence-electron chi connectivity index (χ2n) is 3.79. The maximum absolute atomic E-state index is 13.7. The van der Waals surface area contributed by atoms with Crippen molar-refractivity contribution in [3.05, 3.63) is 29.6 Å². The normalized spacial score (nSPS) is 16.7. The fraction of sp³-hybridized carbons (Fsp3) is 0.364. The lowest BCUT2D eigenvalue weighted by molar-refractivity contribution is -0.140. The van der Waals surface area contributed by atoms with Crippen LogP contribution >= 0.6 is 0 Å². The zero-order chi connectivity index (χ0) is 12.6. The minimum atomic E-state index is -4.75. The summed E-state index contributed by atoms with van der Waals surface area (Å²) in [5.74, 6) is -1.72. The molecule has 1 aliphatic rings. The van der Waals surface area contributed by atoms with Crippen LogP contribution in [0.3, 0.4) is 0 Å². The second-order valence-corrected chi connectivity index (χ2v) is 3.79. The van der Waals surface area contributed by atoms with Gasteiger partial charge in [-0.3, -0.25) is 4.79 Å². The number of halogens is 4. The van der Waals surface area contributed by atoms with Gasteiger partial charge >= 0.3 is 6.18 Å². The van der Waals surface area contributed by atoms with Gasteiger partial charge in [-0.25, -0.2) is 4.39 Å². The van der Waals surface area contributed by atoms with Crippen molar-refractivity contribution in [3.8, 4) is 0 Å². The molecule has 92 valence electrons. The van der Waals surface area contributed by atoms with Gasteiger partial charge in [-0.15, -0.1) is 0 Å². The highest BCUT2D eigenvalue weighted by Crippen LogP contribution is 2.35. The minimum absolute atomic E-state index is 0.246. The van der Waals surface area contributed by atoms with Crippen molar-refractivity contribution in [1.82, 2.24) is 0 Å². The van der Waals surface area contributed by atoms with Gasteiger partial charge in [0.1, 0.15) is 0 Å². The van der Waals surface area contributed by atoms with Gasteiger partial charge < -0.3 is 4.90 Å². The SMILES string of the molecule is O=C1CCCN1c1cccc(C(F)(F)F)c1F. The lowest BCUT2D eigenvalue weighted by atomic mass is 10.1. The highest BCUT2D eigenvalue weighted by atomic mass is 19.4. The van der Waals surface area contributed by atoms with Gasteiger partial charge in [-0.2, -0.15) is 13.2 Å². The Bertz CT molecular complexity index is 455. The minimum Gasteiger partial charge on any atom is -0.310 e. The molecule has 17 heavy (non-hydrogen) atoms. The molecular weight excluding hydrogens is 238 g/mol. The first-order chi connectivity index (χ1) is 7.91. The molecule has 1 amide bonds. The van der Waals surface area contributed by atoms with E-state index in [1.807, 2.05) is 0 Å². The Morgan fingerprint density at radius 2 is 1.94 bits per heavy atom. The molecule has 0 N–H and O–H groups in total. The Hall–Kier alpha value is -1.59. The maximum Gasteiger partial charge on any atom is 0.419 e. The van der Waals surface area contributed by atoms with Gasteiger partial charge in [0.25, 0.3) is 0 Å². The summed E-state index contributed by atoms with van der Waals surface area (Å²) in [5, 5.41) is 0. The molecule has 1 fully saturated rings. The van der Waals surface area contributed by atoms with E-state index in [1.165, 1.54) is 6.07 Å². The number of anilines is 1. The van der Waals surface area contributed by atoms with Crippen LogP contribution in [0.25, 0.3) is 0 Å². The van der Waals surface area contributed by atoms with Gasteiger partial charge in [-0.1, -0.05) is 6.07 Å². The first-order valence-electron chi connectivity index (χ1n) is 5.07. The topological polar surface area (TPSA) is 20.3 Å². The lowest BCUT2D eigenvalue weighted by Gasteiger charge is -2.18. The Kier molecular flexibility index (Phi) is 2.81. The van der Waals surface area contributed by atoms with Crippen LogP contribution in [-0.2, 0) is 11.0 Å². The van der Waals surface area contributed by atoms with E-state index in [0.717, 1.165) is 11.0 Å². The summed E-state index contributed by atoms with van der Waals surface area (Å²) in [6.45, 7) is 0.261. The molecule has 1 aromatic rings. The van der Waals surface area contributed by atoms with Crippen LogP contribution in [0, 0.1) is 5.82 Å². The number of carbonyl (C=O) groups excluding carboxylic acids is 1. The van der Waals surface area contributed by atoms with E-state index in [4.69, 9.17) is 0 Å². The number of hydrogen-bond acceptors (Lipinski definition) is 1. The van der Waals surface area contributed by atoms with Crippen LogP contribution in [0.15, 0.2) is 18.2 Å². The number of carbonyl (C=O) groups is 1. The van der Waals surface area contributed by atoms with E-state index in [1.54, 1.807) is 0 Å². The maximum atomic E-state index is 13.7. The van der Waals surface area contributed by atoms with E-state index >= 15 is 0 Å². The van der Waals surface area contributed by atoms with Crippen LogP contribution in [0.1, 0.15) is 18.4 Å². The molecule has 2 rings (SSSR count). The standard InChI is InChI=1S/C11H9F4NO/c12-10-7(11(13,14)15)3-1-4-8(10)16-6-2-5-9(16)17/h1,3-4H,2,5-6H2. The van der Waals surface area contributed by atoms with Crippen LogP contribution in [-0.4, -0.2) is 12.5 Å². The summed E-state index contributed by atoms with van der Waals surface area (Å²) in [6, 6.07) is 2.96.